The van der Waals surface area contributed by atoms with Gasteiger partial charge in [0.2, 0.25) is 5.13 Å². The van der Waals surface area contributed by atoms with E-state index in [2.05, 4.69) is 15.5 Å². The van der Waals surface area contributed by atoms with Crippen LogP contribution in [0.2, 0.25) is 0 Å². The summed E-state index contributed by atoms with van der Waals surface area (Å²) in [6.45, 7) is 1.92. The molecule has 1 amide bonds. The summed E-state index contributed by atoms with van der Waals surface area (Å²) in [5.74, 6) is 0.465. The highest BCUT2D eigenvalue weighted by Crippen LogP contribution is 2.25. The number of fused-ring (bicyclic) bond motifs is 1. The first-order valence-electron chi connectivity index (χ1n) is 7.53. The number of thioether (sulfide) groups is 1. The monoisotopic (exact) mass is 359 g/mol. The second kappa shape index (κ2) is 7.63. The van der Waals surface area contributed by atoms with E-state index in [0.717, 1.165) is 15.1 Å². The lowest BCUT2D eigenvalue weighted by Crippen LogP contribution is -2.32. The van der Waals surface area contributed by atoms with Gasteiger partial charge < -0.3 is 4.74 Å². The van der Waals surface area contributed by atoms with Gasteiger partial charge in [0.25, 0.3) is 5.91 Å². The number of rotatable bonds is 6. The molecule has 1 aromatic heterocycles. The summed E-state index contributed by atoms with van der Waals surface area (Å²) in [6, 6.07) is 13.9. The average Bonchev–Trinajstić information content (AvgIpc) is 3.07. The number of nitrogens with zero attached hydrogens (tertiary/aromatic N) is 2. The fourth-order valence-corrected chi connectivity index (χ4v) is 3.43. The Morgan fingerprint density at radius 2 is 2.04 bits per heavy atom. The lowest BCUT2D eigenvalue weighted by atomic mass is 10.1. The van der Waals surface area contributed by atoms with Crippen LogP contribution in [0.15, 0.2) is 46.8 Å². The molecular formula is C17H17N3O2S2. The quantitative estimate of drug-likeness (QED) is 0.528. The summed E-state index contributed by atoms with van der Waals surface area (Å²) in [6.07, 6.45) is 1.91. The van der Waals surface area contributed by atoms with Crippen LogP contribution in [0, 0.1) is 0 Å². The molecule has 3 rings (SSSR count). The van der Waals surface area contributed by atoms with Gasteiger partial charge in [-0.25, -0.2) is 0 Å². The van der Waals surface area contributed by atoms with Gasteiger partial charge >= 0.3 is 0 Å². The number of ether oxygens (including phenoxy) is 1. The van der Waals surface area contributed by atoms with Gasteiger partial charge in [0.15, 0.2) is 10.4 Å². The summed E-state index contributed by atoms with van der Waals surface area (Å²) in [4.78, 5) is 12.4. The number of hydrogen-bond donors (Lipinski definition) is 1. The maximum atomic E-state index is 12.4. The predicted molar refractivity (Wildman–Crippen MR) is 99.0 cm³/mol. The Bertz CT molecular complexity index is 850. The molecule has 0 aliphatic carbocycles. The van der Waals surface area contributed by atoms with Crippen LogP contribution in [0.5, 0.6) is 5.75 Å². The Balaban J connectivity index is 1.71. The summed E-state index contributed by atoms with van der Waals surface area (Å²) < 4.78 is 6.69. The first-order chi connectivity index (χ1) is 11.7. The number of carbonyl (C=O) groups excluding carboxylic acids is 1. The summed E-state index contributed by atoms with van der Waals surface area (Å²) in [5.41, 5.74) is 0. The van der Waals surface area contributed by atoms with Crippen LogP contribution < -0.4 is 10.1 Å². The zero-order valence-corrected chi connectivity index (χ0v) is 15.0. The molecule has 0 saturated carbocycles. The Morgan fingerprint density at radius 1 is 1.25 bits per heavy atom. The number of aromatic nitrogens is 2. The molecule has 0 aliphatic heterocycles. The third kappa shape index (κ3) is 3.85. The molecule has 0 saturated heterocycles. The lowest BCUT2D eigenvalue weighted by molar-refractivity contribution is -0.122. The zero-order chi connectivity index (χ0) is 16.9. The minimum absolute atomic E-state index is 0.213. The lowest BCUT2D eigenvalue weighted by Gasteiger charge is -2.16. The third-order valence-corrected chi connectivity index (χ3v) is 5.29. The van der Waals surface area contributed by atoms with Crippen molar-refractivity contribution in [2.75, 3.05) is 11.6 Å². The SMILES string of the molecule is CC[C@@H](Oc1ccc2ccccc2c1)C(=O)Nc1nnc(SC)s1. The number of carbonyl (C=O) groups is 1. The molecule has 2 aromatic carbocycles. The summed E-state index contributed by atoms with van der Waals surface area (Å²) in [5, 5.41) is 13.4. The Labute approximate surface area is 148 Å². The van der Waals surface area contributed by atoms with Gasteiger partial charge in [0.1, 0.15) is 5.75 Å². The second-order valence-electron chi connectivity index (χ2n) is 5.09. The van der Waals surface area contributed by atoms with Crippen LogP contribution in [-0.2, 0) is 4.79 Å². The molecule has 1 atom stereocenters. The van der Waals surface area contributed by atoms with E-state index in [9.17, 15) is 4.79 Å². The molecule has 0 aliphatic rings. The number of hydrogen-bond acceptors (Lipinski definition) is 6. The van der Waals surface area contributed by atoms with Gasteiger partial charge in [-0.2, -0.15) is 0 Å². The Kier molecular flexibility index (Phi) is 5.32. The van der Waals surface area contributed by atoms with Crippen LogP contribution in [-0.4, -0.2) is 28.5 Å². The summed E-state index contributed by atoms with van der Waals surface area (Å²) in [7, 11) is 0. The van der Waals surface area contributed by atoms with Gasteiger partial charge in [-0.3, -0.25) is 10.1 Å². The number of anilines is 1. The Hall–Kier alpha value is -2.12. The minimum atomic E-state index is -0.576. The van der Waals surface area contributed by atoms with Gasteiger partial charge in [-0.05, 0) is 35.6 Å². The van der Waals surface area contributed by atoms with E-state index in [-0.39, 0.29) is 5.91 Å². The number of nitrogens with one attached hydrogen (secondary N) is 1. The van der Waals surface area contributed by atoms with Crippen LogP contribution in [0.25, 0.3) is 10.8 Å². The number of benzene rings is 2. The number of amides is 1. The van der Waals surface area contributed by atoms with Crippen molar-refractivity contribution in [2.45, 2.75) is 23.8 Å². The van der Waals surface area contributed by atoms with Gasteiger partial charge in [-0.15, -0.1) is 10.2 Å². The van der Waals surface area contributed by atoms with Crippen molar-refractivity contribution in [3.8, 4) is 5.75 Å². The van der Waals surface area contributed by atoms with E-state index in [0.29, 0.717) is 17.3 Å². The largest absolute Gasteiger partial charge is 0.481 e. The molecule has 0 fully saturated rings. The molecule has 124 valence electrons. The fourth-order valence-electron chi connectivity index (χ4n) is 2.26. The van der Waals surface area contributed by atoms with Crippen molar-refractivity contribution in [1.29, 1.82) is 0 Å². The molecule has 7 heteroatoms. The van der Waals surface area contributed by atoms with E-state index >= 15 is 0 Å². The van der Waals surface area contributed by atoms with Crippen molar-refractivity contribution in [1.82, 2.24) is 10.2 Å². The van der Waals surface area contributed by atoms with Gasteiger partial charge in [0.05, 0.1) is 0 Å². The standard InChI is InChI=1S/C17H17N3O2S2/c1-3-14(15(21)18-16-19-20-17(23-2)24-16)22-13-9-8-11-6-4-5-7-12(11)10-13/h4-10,14H,3H2,1-2H3,(H,18,19,21)/t14-/m1/s1. The van der Waals surface area contributed by atoms with E-state index in [1.807, 2.05) is 55.6 Å². The third-order valence-electron chi connectivity index (χ3n) is 3.47. The van der Waals surface area contributed by atoms with Crippen molar-refractivity contribution in [3.05, 3.63) is 42.5 Å². The highest BCUT2D eigenvalue weighted by atomic mass is 32.2. The molecule has 1 heterocycles. The van der Waals surface area contributed by atoms with Crippen LogP contribution in [0.1, 0.15) is 13.3 Å². The van der Waals surface area contributed by atoms with Crippen molar-refractivity contribution in [2.24, 2.45) is 0 Å². The van der Waals surface area contributed by atoms with Crippen LogP contribution in [0.4, 0.5) is 5.13 Å². The van der Waals surface area contributed by atoms with E-state index in [1.54, 1.807) is 0 Å². The first-order valence-corrected chi connectivity index (χ1v) is 9.57. The topological polar surface area (TPSA) is 64.1 Å². The van der Waals surface area contributed by atoms with Crippen LogP contribution in [0.3, 0.4) is 0 Å². The molecule has 0 radical (unpaired) electrons. The highest BCUT2D eigenvalue weighted by Gasteiger charge is 2.20. The average molecular weight is 359 g/mol. The van der Waals surface area contributed by atoms with Gasteiger partial charge in [-0.1, -0.05) is 60.4 Å². The minimum Gasteiger partial charge on any atom is -0.481 e. The fraction of sp³-hybridized carbons (Fsp3) is 0.235. The molecule has 0 unspecified atom stereocenters. The molecular weight excluding hydrogens is 342 g/mol. The van der Waals surface area contributed by atoms with E-state index in [1.165, 1.54) is 23.1 Å². The van der Waals surface area contributed by atoms with Crippen molar-refractivity contribution in [3.63, 3.8) is 0 Å². The predicted octanol–water partition coefficient (Wildman–Crippen LogP) is 4.21. The van der Waals surface area contributed by atoms with Crippen LogP contribution >= 0.6 is 23.1 Å². The Morgan fingerprint density at radius 3 is 2.75 bits per heavy atom. The maximum absolute atomic E-state index is 12.4. The molecule has 5 nitrogen and oxygen atoms in total. The smallest absolute Gasteiger partial charge is 0.267 e. The van der Waals surface area contributed by atoms with Crippen molar-refractivity contribution < 1.29 is 9.53 Å². The summed E-state index contributed by atoms with van der Waals surface area (Å²) >= 11 is 2.85. The molecule has 0 spiro atoms. The van der Waals surface area contributed by atoms with E-state index < -0.39 is 6.10 Å². The zero-order valence-electron chi connectivity index (χ0n) is 13.4. The molecule has 1 N–H and O–H groups in total. The van der Waals surface area contributed by atoms with Crippen molar-refractivity contribution >= 4 is 44.9 Å². The normalized spacial score (nSPS) is 12.1. The van der Waals surface area contributed by atoms with E-state index in [4.69, 9.17) is 4.74 Å². The highest BCUT2D eigenvalue weighted by molar-refractivity contribution is 8.00. The molecule has 24 heavy (non-hydrogen) atoms. The molecule has 3 aromatic rings. The maximum Gasteiger partial charge on any atom is 0.267 e. The first kappa shape index (κ1) is 16.7. The molecule has 0 bridgehead atoms. The second-order valence-corrected chi connectivity index (χ2v) is 7.12. The van der Waals surface area contributed by atoms with Gasteiger partial charge in [0, 0.05) is 0 Å².